The minimum absolute atomic E-state index is 0.00237. The molecule has 1 amide bonds. The number of hydrogen-bond donors (Lipinski definition) is 1. The van der Waals surface area contributed by atoms with Crippen LogP contribution in [0.3, 0.4) is 0 Å². The molecule has 2 atom stereocenters. The fourth-order valence-electron chi connectivity index (χ4n) is 4.71. The third-order valence-corrected chi connectivity index (χ3v) is 7.71. The van der Waals surface area contributed by atoms with Gasteiger partial charge < -0.3 is 15.1 Å². The van der Waals surface area contributed by atoms with Crippen LogP contribution < -0.4 is 5.32 Å². The molecule has 1 aromatic carbocycles. The molecule has 4 rings (SSSR count). The molecule has 1 aromatic heterocycles. The Morgan fingerprint density at radius 2 is 1.93 bits per heavy atom. The molecular formula is C24H34N4OS. The average Bonchev–Trinajstić information content (AvgIpc) is 3.16. The molecule has 2 aliphatic rings. The Morgan fingerprint density at radius 1 is 1.17 bits per heavy atom. The highest BCUT2D eigenvalue weighted by Crippen LogP contribution is 2.31. The Labute approximate surface area is 184 Å². The molecule has 1 N–H and O–H groups in total. The number of nitrogens with one attached hydrogen (secondary N) is 1. The van der Waals surface area contributed by atoms with Crippen LogP contribution in [-0.4, -0.2) is 60.5 Å². The number of thiazole rings is 1. The summed E-state index contributed by atoms with van der Waals surface area (Å²) in [6, 6.07) is 10.4. The molecule has 0 saturated carbocycles. The Balaban J connectivity index is 1.49. The minimum atomic E-state index is 0.00237. The molecular weight excluding hydrogens is 392 g/mol. The summed E-state index contributed by atoms with van der Waals surface area (Å²) in [5, 5.41) is 4.46. The van der Waals surface area contributed by atoms with Gasteiger partial charge in [-0.3, -0.25) is 4.79 Å². The van der Waals surface area contributed by atoms with Gasteiger partial charge in [-0.25, -0.2) is 4.98 Å². The number of carbonyl (C=O) groups excluding carboxylic acids is 1. The summed E-state index contributed by atoms with van der Waals surface area (Å²) in [6.45, 7) is 7.28. The van der Waals surface area contributed by atoms with Gasteiger partial charge in [0.2, 0.25) is 0 Å². The first-order valence-electron chi connectivity index (χ1n) is 11.3. The van der Waals surface area contributed by atoms with Crippen molar-refractivity contribution in [3.63, 3.8) is 0 Å². The van der Waals surface area contributed by atoms with Crippen molar-refractivity contribution in [1.82, 2.24) is 20.1 Å². The molecule has 162 valence electrons. The normalized spacial score (nSPS) is 22.0. The van der Waals surface area contributed by atoms with Crippen LogP contribution in [0.5, 0.6) is 0 Å². The van der Waals surface area contributed by atoms with E-state index in [1.807, 2.05) is 13.0 Å². The highest BCUT2D eigenvalue weighted by Gasteiger charge is 2.26. The summed E-state index contributed by atoms with van der Waals surface area (Å²) >= 11 is 1.60. The van der Waals surface area contributed by atoms with Gasteiger partial charge in [0.1, 0.15) is 4.88 Å². The number of amides is 1. The molecule has 2 saturated heterocycles. The molecule has 0 spiro atoms. The number of carbonyl (C=O) groups is 1. The molecule has 2 unspecified atom stereocenters. The largest absolute Gasteiger partial charge is 0.343 e. The first-order chi connectivity index (χ1) is 14.6. The Bertz CT molecular complexity index is 831. The standard InChI is InChI=1S/C24H34N4OS/c1-18-22(30-24(25-18)20-12-9-13-27(2)16-20)23(29)26-21(19-10-5-3-6-11-19)17-28-14-7-4-8-15-28/h3,5-6,10-11,20-21H,4,7-9,12-17H2,1-2H3,(H,26,29). The van der Waals surface area contributed by atoms with E-state index in [2.05, 4.69) is 46.4 Å². The van der Waals surface area contributed by atoms with E-state index in [0.717, 1.165) is 48.3 Å². The quantitative estimate of drug-likeness (QED) is 0.751. The Morgan fingerprint density at radius 3 is 2.67 bits per heavy atom. The number of likely N-dealkylation sites (tertiary alicyclic amines) is 2. The number of aromatic nitrogens is 1. The number of rotatable bonds is 6. The predicted molar refractivity (Wildman–Crippen MR) is 123 cm³/mol. The molecule has 0 aliphatic carbocycles. The molecule has 2 fully saturated rings. The topological polar surface area (TPSA) is 48.5 Å². The second-order valence-corrected chi connectivity index (χ2v) is 9.90. The lowest BCUT2D eigenvalue weighted by Gasteiger charge is -2.31. The van der Waals surface area contributed by atoms with Gasteiger partial charge in [-0.05, 0) is 64.9 Å². The SMILES string of the molecule is Cc1nc(C2CCCN(C)C2)sc1C(=O)NC(CN1CCCCC1)c1ccccc1. The van der Waals surface area contributed by atoms with Crippen molar-refractivity contribution in [3.05, 3.63) is 51.5 Å². The van der Waals surface area contributed by atoms with Crippen LogP contribution in [0.4, 0.5) is 0 Å². The predicted octanol–water partition coefficient (Wildman–Crippen LogP) is 4.22. The monoisotopic (exact) mass is 426 g/mol. The van der Waals surface area contributed by atoms with Crippen LogP contribution in [-0.2, 0) is 0 Å². The summed E-state index contributed by atoms with van der Waals surface area (Å²) in [5.74, 6) is 0.471. The number of piperidine rings is 2. The second-order valence-electron chi connectivity index (χ2n) is 8.87. The minimum Gasteiger partial charge on any atom is -0.343 e. The van der Waals surface area contributed by atoms with Crippen LogP contribution in [0.25, 0.3) is 0 Å². The van der Waals surface area contributed by atoms with Crippen molar-refractivity contribution in [2.24, 2.45) is 0 Å². The molecule has 2 aromatic rings. The second kappa shape index (κ2) is 10.0. The molecule has 30 heavy (non-hydrogen) atoms. The third kappa shape index (κ3) is 5.29. The maximum absolute atomic E-state index is 13.3. The van der Waals surface area contributed by atoms with Gasteiger partial charge in [0.25, 0.3) is 5.91 Å². The average molecular weight is 427 g/mol. The van der Waals surface area contributed by atoms with Gasteiger partial charge in [-0.2, -0.15) is 0 Å². The highest BCUT2D eigenvalue weighted by atomic mass is 32.1. The van der Waals surface area contributed by atoms with Crippen LogP contribution in [0.2, 0.25) is 0 Å². The summed E-state index contributed by atoms with van der Waals surface area (Å²) < 4.78 is 0. The van der Waals surface area contributed by atoms with E-state index < -0.39 is 0 Å². The van der Waals surface area contributed by atoms with Crippen molar-refractivity contribution in [1.29, 1.82) is 0 Å². The fraction of sp³-hybridized carbons (Fsp3) is 0.583. The van der Waals surface area contributed by atoms with E-state index in [9.17, 15) is 4.79 Å². The van der Waals surface area contributed by atoms with Crippen LogP contribution in [0.15, 0.2) is 30.3 Å². The number of benzene rings is 1. The lowest BCUT2D eigenvalue weighted by Crippen LogP contribution is -2.40. The van der Waals surface area contributed by atoms with Crippen LogP contribution >= 0.6 is 11.3 Å². The van der Waals surface area contributed by atoms with E-state index in [-0.39, 0.29) is 11.9 Å². The van der Waals surface area contributed by atoms with E-state index in [1.165, 1.54) is 37.7 Å². The smallest absolute Gasteiger partial charge is 0.263 e. The number of aryl methyl sites for hydroxylation is 1. The van der Waals surface area contributed by atoms with Crippen molar-refractivity contribution >= 4 is 17.2 Å². The van der Waals surface area contributed by atoms with Gasteiger partial charge in [0, 0.05) is 19.0 Å². The molecule has 2 aliphatic heterocycles. The number of likely N-dealkylation sites (N-methyl/N-ethyl adjacent to an activating group) is 1. The fourth-order valence-corrected chi connectivity index (χ4v) is 5.81. The van der Waals surface area contributed by atoms with Gasteiger partial charge in [-0.15, -0.1) is 11.3 Å². The van der Waals surface area contributed by atoms with Crippen molar-refractivity contribution in [2.45, 2.75) is 51.0 Å². The highest BCUT2D eigenvalue weighted by molar-refractivity contribution is 7.13. The number of hydrogen-bond acceptors (Lipinski definition) is 5. The maximum Gasteiger partial charge on any atom is 0.263 e. The number of nitrogens with zero attached hydrogens (tertiary/aromatic N) is 3. The molecule has 0 radical (unpaired) electrons. The lowest BCUT2D eigenvalue weighted by molar-refractivity contribution is 0.0923. The van der Waals surface area contributed by atoms with E-state index >= 15 is 0 Å². The van der Waals surface area contributed by atoms with Crippen molar-refractivity contribution in [3.8, 4) is 0 Å². The third-order valence-electron chi connectivity index (χ3n) is 6.39. The molecule has 0 bridgehead atoms. The van der Waals surface area contributed by atoms with E-state index in [1.54, 1.807) is 11.3 Å². The summed E-state index contributed by atoms with van der Waals surface area (Å²) in [7, 11) is 2.17. The first kappa shape index (κ1) is 21.5. The molecule has 5 nitrogen and oxygen atoms in total. The van der Waals surface area contributed by atoms with Gasteiger partial charge >= 0.3 is 0 Å². The van der Waals surface area contributed by atoms with Crippen molar-refractivity contribution in [2.75, 3.05) is 39.8 Å². The van der Waals surface area contributed by atoms with Crippen LogP contribution in [0.1, 0.15) is 70.0 Å². The Hall–Kier alpha value is -1.76. The van der Waals surface area contributed by atoms with Crippen LogP contribution in [0, 0.1) is 6.92 Å². The maximum atomic E-state index is 13.3. The summed E-state index contributed by atoms with van der Waals surface area (Å²) in [5.41, 5.74) is 2.04. The zero-order valence-corrected chi connectivity index (χ0v) is 19.1. The molecule has 6 heteroatoms. The zero-order chi connectivity index (χ0) is 20.9. The molecule has 3 heterocycles. The van der Waals surface area contributed by atoms with E-state index in [0.29, 0.717) is 5.92 Å². The van der Waals surface area contributed by atoms with Gasteiger partial charge in [0.15, 0.2) is 0 Å². The summed E-state index contributed by atoms with van der Waals surface area (Å²) in [6.07, 6.45) is 6.19. The Kier molecular flexibility index (Phi) is 7.18. The zero-order valence-electron chi connectivity index (χ0n) is 18.3. The van der Waals surface area contributed by atoms with E-state index in [4.69, 9.17) is 4.98 Å². The summed E-state index contributed by atoms with van der Waals surface area (Å²) in [4.78, 5) is 23.7. The van der Waals surface area contributed by atoms with Gasteiger partial charge in [-0.1, -0.05) is 36.8 Å². The first-order valence-corrected chi connectivity index (χ1v) is 12.2. The lowest BCUT2D eigenvalue weighted by atomic mass is 9.99. The van der Waals surface area contributed by atoms with Crippen molar-refractivity contribution < 1.29 is 4.79 Å². The van der Waals surface area contributed by atoms with Gasteiger partial charge in [0.05, 0.1) is 16.7 Å².